The zero-order valence-corrected chi connectivity index (χ0v) is 17.9. The van der Waals surface area contributed by atoms with Gasteiger partial charge in [-0.15, -0.1) is 0 Å². The predicted octanol–water partition coefficient (Wildman–Crippen LogP) is 3.11. The Hall–Kier alpha value is -2.13. The second kappa shape index (κ2) is 12.4. The molecular formula is C23H36N4O2. The molecule has 29 heavy (non-hydrogen) atoms. The first-order valence-corrected chi connectivity index (χ1v) is 11.1. The van der Waals surface area contributed by atoms with Gasteiger partial charge >= 0.3 is 0 Å². The molecule has 3 N–H and O–H groups in total. The van der Waals surface area contributed by atoms with Crippen molar-refractivity contribution in [1.82, 2.24) is 16.0 Å². The van der Waals surface area contributed by atoms with E-state index in [9.17, 15) is 14.9 Å². The van der Waals surface area contributed by atoms with Gasteiger partial charge in [-0.25, -0.2) is 0 Å². The Morgan fingerprint density at radius 1 is 1.03 bits per heavy atom. The van der Waals surface area contributed by atoms with Gasteiger partial charge in [0.15, 0.2) is 0 Å². The quantitative estimate of drug-likeness (QED) is 0.331. The fourth-order valence-electron chi connectivity index (χ4n) is 4.14. The largest absolute Gasteiger partial charge is 0.352 e. The Labute approximate surface area is 175 Å². The van der Waals surface area contributed by atoms with Crippen molar-refractivity contribution in [2.75, 3.05) is 7.05 Å². The number of hydrogen-bond acceptors (Lipinski definition) is 4. The fourth-order valence-corrected chi connectivity index (χ4v) is 4.14. The number of carbonyl (C=O) groups is 2. The number of rotatable bonds is 8. The van der Waals surface area contributed by atoms with E-state index >= 15 is 0 Å². The lowest BCUT2D eigenvalue weighted by Crippen LogP contribution is -2.57. The van der Waals surface area contributed by atoms with Crippen LogP contribution >= 0.6 is 0 Å². The molecule has 2 saturated carbocycles. The first-order chi connectivity index (χ1) is 14.0. The molecule has 0 aromatic carbocycles. The van der Waals surface area contributed by atoms with Gasteiger partial charge in [0.05, 0.1) is 0 Å². The molecule has 0 aromatic rings. The second-order valence-corrected chi connectivity index (χ2v) is 8.35. The molecule has 2 atom stereocenters. The van der Waals surface area contributed by atoms with Crippen LogP contribution in [-0.2, 0) is 9.59 Å². The van der Waals surface area contributed by atoms with E-state index in [1.54, 1.807) is 13.1 Å². The number of nitriles is 1. The van der Waals surface area contributed by atoms with Crippen molar-refractivity contribution in [2.24, 2.45) is 5.92 Å². The molecule has 0 radical (unpaired) electrons. The molecule has 0 spiro atoms. The van der Waals surface area contributed by atoms with Gasteiger partial charge in [0.25, 0.3) is 5.91 Å². The minimum absolute atomic E-state index is 0.0239. The number of likely N-dealkylation sites (N-methyl/N-ethyl adjacent to an activating group) is 1. The average Bonchev–Trinajstić information content (AvgIpc) is 2.75. The molecule has 2 amide bonds. The van der Waals surface area contributed by atoms with Crippen LogP contribution in [0.4, 0.5) is 0 Å². The number of nitrogens with one attached hydrogen (secondary N) is 3. The molecule has 0 bridgehead atoms. The molecule has 6 nitrogen and oxygen atoms in total. The molecule has 2 aliphatic rings. The lowest BCUT2D eigenvalue weighted by molar-refractivity contribution is -0.128. The molecule has 0 aromatic heterocycles. The smallest absolute Gasteiger partial charge is 0.262 e. The van der Waals surface area contributed by atoms with E-state index in [-0.39, 0.29) is 23.6 Å². The molecule has 160 valence electrons. The summed E-state index contributed by atoms with van der Waals surface area (Å²) in [7, 11) is 1.76. The van der Waals surface area contributed by atoms with Gasteiger partial charge in [-0.2, -0.15) is 5.26 Å². The Kier molecular flexibility index (Phi) is 9.93. The van der Waals surface area contributed by atoms with Crippen LogP contribution in [0.1, 0.15) is 71.1 Å². The lowest BCUT2D eigenvalue weighted by Gasteiger charge is -2.28. The summed E-state index contributed by atoms with van der Waals surface area (Å²) in [5.41, 5.74) is 0.0239. The first kappa shape index (κ1) is 23.2. The van der Waals surface area contributed by atoms with Crippen LogP contribution in [0.5, 0.6) is 0 Å². The number of nitrogens with zero attached hydrogens (tertiary/aromatic N) is 1. The number of amides is 2. The van der Waals surface area contributed by atoms with Crippen molar-refractivity contribution in [3.63, 3.8) is 0 Å². The van der Waals surface area contributed by atoms with Gasteiger partial charge in [-0.1, -0.05) is 50.7 Å². The van der Waals surface area contributed by atoms with Crippen LogP contribution < -0.4 is 16.0 Å². The molecular weight excluding hydrogens is 364 g/mol. The third kappa shape index (κ3) is 7.66. The second-order valence-electron chi connectivity index (χ2n) is 8.35. The van der Waals surface area contributed by atoms with Crippen molar-refractivity contribution in [3.05, 3.63) is 23.8 Å². The first-order valence-electron chi connectivity index (χ1n) is 11.1. The lowest BCUT2D eigenvalue weighted by atomic mass is 9.89. The maximum Gasteiger partial charge on any atom is 0.262 e. The number of hydrogen-bond donors (Lipinski definition) is 3. The highest BCUT2D eigenvalue weighted by Gasteiger charge is 2.29. The molecule has 0 heterocycles. The van der Waals surface area contributed by atoms with Crippen LogP contribution in [0.15, 0.2) is 23.8 Å². The summed E-state index contributed by atoms with van der Waals surface area (Å²) in [4.78, 5) is 25.4. The summed E-state index contributed by atoms with van der Waals surface area (Å²) in [6.45, 7) is 1.85. The highest BCUT2D eigenvalue weighted by atomic mass is 16.2. The molecule has 2 unspecified atom stereocenters. The van der Waals surface area contributed by atoms with E-state index < -0.39 is 11.9 Å². The maximum absolute atomic E-state index is 12.8. The standard InChI is InChI=1S/C23H36N4O2/c1-17(25-2)21(23(29)26-20-14-7-4-8-15-20)27-22(28)19(16-24)13-9-12-18-10-5-3-6-11-18/h9,12-13,17-18,20-21,25H,3-8,10-11,14-15H2,1-2H3,(H,26,29)(H,27,28)/b12-9+,19-13+. The Balaban J connectivity index is 1.98. The third-order valence-corrected chi connectivity index (χ3v) is 6.14. The van der Waals surface area contributed by atoms with Gasteiger partial charge in [0, 0.05) is 12.1 Å². The van der Waals surface area contributed by atoms with Gasteiger partial charge in [0.1, 0.15) is 17.7 Å². The zero-order valence-electron chi connectivity index (χ0n) is 17.9. The van der Waals surface area contributed by atoms with Gasteiger partial charge in [-0.05, 0) is 51.6 Å². The summed E-state index contributed by atoms with van der Waals surface area (Å²) in [5.74, 6) is -0.171. The summed E-state index contributed by atoms with van der Waals surface area (Å²) >= 11 is 0. The maximum atomic E-state index is 12.8. The Morgan fingerprint density at radius 3 is 2.24 bits per heavy atom. The van der Waals surface area contributed by atoms with E-state index in [1.807, 2.05) is 19.1 Å². The summed E-state index contributed by atoms with van der Waals surface area (Å²) < 4.78 is 0. The molecule has 6 heteroatoms. The zero-order chi connectivity index (χ0) is 21.1. The van der Waals surface area contributed by atoms with Gasteiger partial charge in [0.2, 0.25) is 5.91 Å². The predicted molar refractivity (Wildman–Crippen MR) is 115 cm³/mol. The van der Waals surface area contributed by atoms with Crippen LogP contribution in [0.25, 0.3) is 0 Å². The van der Waals surface area contributed by atoms with Gasteiger partial charge < -0.3 is 16.0 Å². The molecule has 2 aliphatic carbocycles. The van der Waals surface area contributed by atoms with Crippen molar-refractivity contribution in [3.8, 4) is 6.07 Å². The third-order valence-electron chi connectivity index (χ3n) is 6.14. The number of carbonyl (C=O) groups excluding carboxylic acids is 2. The van der Waals surface area contributed by atoms with Crippen LogP contribution in [0.2, 0.25) is 0 Å². The highest BCUT2D eigenvalue weighted by Crippen LogP contribution is 2.24. The molecule has 0 saturated heterocycles. The monoisotopic (exact) mass is 400 g/mol. The SMILES string of the molecule is CNC(C)C(NC(=O)/C(C#N)=C/C=C/C1CCCCC1)C(=O)NC1CCCCC1. The minimum Gasteiger partial charge on any atom is -0.352 e. The summed E-state index contributed by atoms with van der Waals surface area (Å²) in [6.07, 6.45) is 17.0. The van der Waals surface area contributed by atoms with E-state index in [0.29, 0.717) is 5.92 Å². The normalized spacial score (nSPS) is 21.3. The molecule has 2 rings (SSSR count). The minimum atomic E-state index is -0.728. The van der Waals surface area contributed by atoms with Crippen molar-refractivity contribution < 1.29 is 9.59 Å². The topological polar surface area (TPSA) is 94.0 Å². The van der Waals surface area contributed by atoms with E-state index in [2.05, 4.69) is 22.0 Å². The Morgan fingerprint density at radius 2 is 1.66 bits per heavy atom. The van der Waals surface area contributed by atoms with Crippen LogP contribution in [0.3, 0.4) is 0 Å². The van der Waals surface area contributed by atoms with Crippen LogP contribution in [-0.4, -0.2) is 37.0 Å². The molecule has 0 aliphatic heterocycles. The Bertz CT molecular complexity index is 638. The van der Waals surface area contributed by atoms with E-state index in [1.165, 1.54) is 38.5 Å². The van der Waals surface area contributed by atoms with Crippen molar-refractivity contribution >= 4 is 11.8 Å². The highest BCUT2D eigenvalue weighted by molar-refractivity contribution is 6.00. The van der Waals surface area contributed by atoms with E-state index in [0.717, 1.165) is 25.7 Å². The van der Waals surface area contributed by atoms with Crippen molar-refractivity contribution in [1.29, 1.82) is 5.26 Å². The van der Waals surface area contributed by atoms with Gasteiger partial charge in [-0.3, -0.25) is 9.59 Å². The average molecular weight is 401 g/mol. The van der Waals surface area contributed by atoms with E-state index in [4.69, 9.17) is 0 Å². The van der Waals surface area contributed by atoms with Crippen molar-refractivity contribution in [2.45, 2.75) is 89.3 Å². The fraction of sp³-hybridized carbons (Fsp3) is 0.696. The number of allylic oxidation sites excluding steroid dienone is 3. The summed E-state index contributed by atoms with van der Waals surface area (Å²) in [5, 5.41) is 18.3. The van der Waals surface area contributed by atoms with Crippen LogP contribution in [0, 0.1) is 17.2 Å². The molecule has 2 fully saturated rings. The summed E-state index contributed by atoms with van der Waals surface area (Å²) in [6, 6.07) is 1.16.